The van der Waals surface area contributed by atoms with Gasteiger partial charge in [0.1, 0.15) is 0 Å². The highest BCUT2D eigenvalue weighted by Gasteiger charge is 2.09. The van der Waals surface area contributed by atoms with E-state index in [1.165, 1.54) is 0 Å². The van der Waals surface area contributed by atoms with E-state index in [9.17, 15) is 4.79 Å². The second kappa shape index (κ2) is 6.52. The lowest BCUT2D eigenvalue weighted by molar-refractivity contribution is -0.137. The van der Waals surface area contributed by atoms with Crippen molar-refractivity contribution in [2.24, 2.45) is 0 Å². The van der Waals surface area contributed by atoms with Gasteiger partial charge in [0.15, 0.2) is 0 Å². The molecule has 2 aromatic rings. The Kier molecular flexibility index (Phi) is 4.74. The van der Waals surface area contributed by atoms with E-state index in [-0.39, 0.29) is 6.42 Å². The minimum Gasteiger partial charge on any atom is -0.481 e. The Morgan fingerprint density at radius 3 is 2.85 bits per heavy atom. The summed E-state index contributed by atoms with van der Waals surface area (Å²) in [5.41, 5.74) is 1.78. The van der Waals surface area contributed by atoms with E-state index in [2.05, 4.69) is 10.2 Å². The number of carbonyl (C=O) groups is 1. The summed E-state index contributed by atoms with van der Waals surface area (Å²) in [5.74, 6) is 0.198. The Morgan fingerprint density at radius 1 is 1.35 bits per heavy atom. The van der Waals surface area contributed by atoms with Gasteiger partial charge in [0.05, 0.1) is 0 Å². The monoisotopic (exact) mass is 294 g/mol. The summed E-state index contributed by atoms with van der Waals surface area (Å²) < 4.78 is 5.56. The minimum atomic E-state index is -0.784. The molecule has 6 heteroatoms. The van der Waals surface area contributed by atoms with E-state index in [0.717, 1.165) is 11.1 Å². The number of hydrogen-bond acceptors (Lipinski definition) is 4. The molecule has 0 atom stereocenters. The number of benzene rings is 1. The number of hydrogen-bond donors (Lipinski definition) is 1. The van der Waals surface area contributed by atoms with Crippen LogP contribution in [0.4, 0.5) is 0 Å². The van der Waals surface area contributed by atoms with Crippen LogP contribution in [0.5, 0.6) is 0 Å². The average Bonchev–Trinajstić information content (AvgIpc) is 2.86. The van der Waals surface area contributed by atoms with Crippen LogP contribution >= 0.6 is 11.6 Å². The lowest BCUT2D eigenvalue weighted by Gasteiger charge is -1.99. The number of nitrogens with zero attached hydrogens (tertiary/aromatic N) is 2. The predicted octanol–water partition coefficient (Wildman–Crippen LogP) is 3.50. The topological polar surface area (TPSA) is 76.2 Å². The Morgan fingerprint density at radius 2 is 2.15 bits per heavy atom. The molecule has 1 heterocycles. The number of halogens is 1. The quantitative estimate of drug-likeness (QED) is 0.825. The van der Waals surface area contributed by atoms with Crippen LogP contribution in [0, 0.1) is 6.92 Å². The summed E-state index contributed by atoms with van der Waals surface area (Å²) in [6.45, 7) is 1.91. The van der Waals surface area contributed by atoms with Crippen LogP contribution in [0.15, 0.2) is 22.6 Å². The molecule has 106 valence electrons. The first kappa shape index (κ1) is 14.5. The van der Waals surface area contributed by atoms with E-state index in [1.807, 2.05) is 19.1 Å². The smallest absolute Gasteiger partial charge is 0.303 e. The third kappa shape index (κ3) is 3.81. The largest absolute Gasteiger partial charge is 0.481 e. The summed E-state index contributed by atoms with van der Waals surface area (Å²) in [7, 11) is 0. The molecule has 0 bridgehead atoms. The van der Waals surface area contributed by atoms with Crippen LogP contribution < -0.4 is 0 Å². The van der Waals surface area contributed by atoms with Gasteiger partial charge in [0.2, 0.25) is 11.8 Å². The Labute approximate surface area is 121 Å². The van der Waals surface area contributed by atoms with Crippen molar-refractivity contribution in [3.05, 3.63) is 34.7 Å². The molecule has 0 aliphatic carbocycles. The SMILES string of the molecule is Cc1cc(-c2nnc(CCCCC(=O)O)o2)ccc1Cl. The molecule has 0 saturated heterocycles. The lowest BCUT2D eigenvalue weighted by Crippen LogP contribution is -1.95. The second-order valence-corrected chi connectivity index (χ2v) is 4.97. The van der Waals surface area contributed by atoms with E-state index in [0.29, 0.717) is 36.1 Å². The van der Waals surface area contributed by atoms with Gasteiger partial charge in [-0.05, 0) is 43.5 Å². The van der Waals surface area contributed by atoms with Crippen LogP contribution in [0.1, 0.15) is 30.7 Å². The molecule has 1 aromatic carbocycles. The molecular formula is C14H15ClN2O3. The lowest BCUT2D eigenvalue weighted by atomic mass is 10.1. The highest BCUT2D eigenvalue weighted by atomic mass is 35.5. The van der Waals surface area contributed by atoms with Gasteiger partial charge < -0.3 is 9.52 Å². The number of aliphatic carboxylic acids is 1. The van der Waals surface area contributed by atoms with Crippen LogP contribution in [0.3, 0.4) is 0 Å². The van der Waals surface area contributed by atoms with Crippen molar-refractivity contribution in [2.75, 3.05) is 0 Å². The highest BCUT2D eigenvalue weighted by molar-refractivity contribution is 6.31. The normalized spacial score (nSPS) is 10.7. The molecule has 0 aliphatic heterocycles. The molecule has 1 aromatic heterocycles. The van der Waals surface area contributed by atoms with E-state index < -0.39 is 5.97 Å². The summed E-state index contributed by atoms with van der Waals surface area (Å²) in [6.07, 6.45) is 2.07. The van der Waals surface area contributed by atoms with Crippen molar-refractivity contribution in [3.63, 3.8) is 0 Å². The minimum absolute atomic E-state index is 0.164. The maximum absolute atomic E-state index is 10.4. The number of rotatable bonds is 6. The first-order valence-electron chi connectivity index (χ1n) is 6.37. The van der Waals surface area contributed by atoms with Crippen molar-refractivity contribution >= 4 is 17.6 Å². The van der Waals surface area contributed by atoms with Crippen LogP contribution in [-0.2, 0) is 11.2 Å². The van der Waals surface area contributed by atoms with Crippen LogP contribution in [-0.4, -0.2) is 21.3 Å². The number of carboxylic acid groups (broad SMARTS) is 1. The van der Waals surface area contributed by atoms with E-state index in [1.54, 1.807) is 6.07 Å². The van der Waals surface area contributed by atoms with Gasteiger partial charge in [-0.15, -0.1) is 10.2 Å². The van der Waals surface area contributed by atoms with Crippen molar-refractivity contribution in [3.8, 4) is 11.5 Å². The molecule has 2 rings (SSSR count). The molecule has 0 spiro atoms. The van der Waals surface area contributed by atoms with Gasteiger partial charge in [-0.25, -0.2) is 0 Å². The predicted molar refractivity (Wildman–Crippen MR) is 74.7 cm³/mol. The van der Waals surface area contributed by atoms with Crippen molar-refractivity contribution in [1.82, 2.24) is 10.2 Å². The molecule has 20 heavy (non-hydrogen) atoms. The standard InChI is InChI=1S/C14H15ClN2O3/c1-9-8-10(6-7-11(9)15)14-17-16-12(20-14)4-2-3-5-13(18)19/h6-8H,2-5H2,1H3,(H,18,19). The zero-order valence-electron chi connectivity index (χ0n) is 11.1. The molecule has 5 nitrogen and oxygen atoms in total. The zero-order valence-corrected chi connectivity index (χ0v) is 11.9. The van der Waals surface area contributed by atoms with Crippen LogP contribution in [0.2, 0.25) is 5.02 Å². The van der Waals surface area contributed by atoms with Crippen LogP contribution in [0.25, 0.3) is 11.5 Å². The fraction of sp³-hybridized carbons (Fsp3) is 0.357. The third-order valence-electron chi connectivity index (χ3n) is 2.90. The number of carboxylic acids is 1. The van der Waals surface area contributed by atoms with Gasteiger partial charge >= 0.3 is 5.97 Å². The molecule has 0 radical (unpaired) electrons. The van der Waals surface area contributed by atoms with E-state index >= 15 is 0 Å². The molecule has 0 aliphatic rings. The molecule has 0 amide bonds. The van der Waals surface area contributed by atoms with Crippen molar-refractivity contribution < 1.29 is 14.3 Å². The third-order valence-corrected chi connectivity index (χ3v) is 3.33. The molecule has 0 fully saturated rings. The molecular weight excluding hydrogens is 280 g/mol. The molecule has 0 unspecified atom stereocenters. The van der Waals surface area contributed by atoms with Gasteiger partial charge in [-0.2, -0.15) is 0 Å². The summed E-state index contributed by atoms with van der Waals surface area (Å²) in [6, 6.07) is 5.52. The fourth-order valence-electron chi connectivity index (χ4n) is 1.80. The maximum atomic E-state index is 10.4. The number of aromatic nitrogens is 2. The van der Waals surface area contributed by atoms with Gasteiger partial charge in [-0.1, -0.05) is 11.6 Å². The molecule has 1 N–H and O–H groups in total. The Hall–Kier alpha value is -1.88. The molecule has 0 saturated carbocycles. The summed E-state index contributed by atoms with van der Waals surface area (Å²) in [5, 5.41) is 17.2. The Balaban J connectivity index is 1.97. The van der Waals surface area contributed by atoms with Crippen molar-refractivity contribution in [2.45, 2.75) is 32.6 Å². The zero-order chi connectivity index (χ0) is 14.5. The van der Waals surface area contributed by atoms with Crippen molar-refractivity contribution in [1.29, 1.82) is 0 Å². The summed E-state index contributed by atoms with van der Waals surface area (Å²) >= 11 is 5.97. The maximum Gasteiger partial charge on any atom is 0.303 e. The average molecular weight is 295 g/mol. The number of aryl methyl sites for hydroxylation is 2. The second-order valence-electron chi connectivity index (χ2n) is 4.57. The Bertz CT molecular complexity index is 610. The van der Waals surface area contributed by atoms with E-state index in [4.69, 9.17) is 21.1 Å². The fourth-order valence-corrected chi connectivity index (χ4v) is 1.92. The summed E-state index contributed by atoms with van der Waals surface area (Å²) in [4.78, 5) is 10.4. The van der Waals surface area contributed by atoms with Gasteiger partial charge in [-0.3, -0.25) is 4.79 Å². The first-order valence-corrected chi connectivity index (χ1v) is 6.75. The first-order chi connectivity index (χ1) is 9.56. The highest BCUT2D eigenvalue weighted by Crippen LogP contribution is 2.24. The van der Waals surface area contributed by atoms with Gasteiger partial charge in [0, 0.05) is 23.4 Å². The van der Waals surface area contributed by atoms with Gasteiger partial charge in [0.25, 0.3) is 0 Å². The number of unbranched alkanes of at least 4 members (excludes halogenated alkanes) is 1.